The van der Waals surface area contributed by atoms with Crippen LogP contribution in [0, 0.1) is 12.3 Å². The van der Waals surface area contributed by atoms with Crippen LogP contribution in [0.2, 0.25) is 0 Å². The minimum atomic E-state index is -0.508. The molecule has 2 aliphatic rings. The summed E-state index contributed by atoms with van der Waals surface area (Å²) in [6.45, 7) is 16.1. The summed E-state index contributed by atoms with van der Waals surface area (Å²) in [5, 5.41) is 10.3. The summed E-state index contributed by atoms with van der Waals surface area (Å²) in [6.07, 6.45) is 10.2. The second-order valence-electron chi connectivity index (χ2n) is 10.6. The van der Waals surface area contributed by atoms with Gasteiger partial charge in [-0.05, 0) is 83.1 Å². The standard InChI is InChI=1S/C26H42N2OS/c1-7-8-19(2)27-23(18-28-15-13-26(6,29)14-16-28)22-17-24(30-20(22)3)21-9-11-25(4,5)12-10-21/h8,17,21,29H,7,9-16,18H2,1-6H3/b19-8-,27-23-. The highest BCUT2D eigenvalue weighted by Gasteiger charge is 2.30. The van der Waals surface area contributed by atoms with E-state index in [0.717, 1.165) is 44.6 Å². The largest absolute Gasteiger partial charge is 0.390 e. The lowest BCUT2D eigenvalue weighted by molar-refractivity contribution is -0.00151. The Morgan fingerprint density at radius 1 is 1.20 bits per heavy atom. The molecule has 0 amide bonds. The number of likely N-dealkylation sites (tertiary alicyclic amines) is 1. The van der Waals surface area contributed by atoms with Crippen LogP contribution >= 0.6 is 11.3 Å². The zero-order chi connectivity index (χ0) is 21.9. The summed E-state index contributed by atoms with van der Waals surface area (Å²) >= 11 is 1.99. The second kappa shape index (κ2) is 9.67. The molecule has 30 heavy (non-hydrogen) atoms. The molecule has 0 spiro atoms. The number of aliphatic imine (C=N–C) groups is 1. The molecule has 2 fully saturated rings. The third kappa shape index (κ3) is 6.27. The Kier molecular flexibility index (Phi) is 7.63. The Hall–Kier alpha value is -0.970. The lowest BCUT2D eigenvalue weighted by Gasteiger charge is -2.36. The number of piperidine rings is 1. The van der Waals surface area contributed by atoms with Crippen molar-refractivity contribution < 1.29 is 5.11 Å². The predicted octanol–water partition coefficient (Wildman–Crippen LogP) is 6.69. The molecule has 0 unspecified atom stereocenters. The van der Waals surface area contributed by atoms with E-state index in [0.29, 0.717) is 11.3 Å². The van der Waals surface area contributed by atoms with Crippen LogP contribution in [0.1, 0.15) is 101 Å². The SMILES string of the molecule is CC/C=C(C)\N=C(\CN1CCC(C)(O)CC1)c1cc(C2CCC(C)(C)CC2)sc1C. The van der Waals surface area contributed by atoms with Crippen LogP contribution in [0.4, 0.5) is 0 Å². The highest BCUT2D eigenvalue weighted by Crippen LogP contribution is 2.44. The van der Waals surface area contributed by atoms with Crippen LogP contribution in [0.25, 0.3) is 0 Å². The molecule has 0 aromatic carbocycles. The van der Waals surface area contributed by atoms with Crippen molar-refractivity contribution in [3.05, 3.63) is 33.2 Å². The van der Waals surface area contributed by atoms with Gasteiger partial charge >= 0.3 is 0 Å². The van der Waals surface area contributed by atoms with Crippen LogP contribution in [0.15, 0.2) is 22.8 Å². The smallest absolute Gasteiger partial charge is 0.0644 e. The Balaban J connectivity index is 1.81. The van der Waals surface area contributed by atoms with Crippen molar-refractivity contribution in [3.63, 3.8) is 0 Å². The first kappa shape index (κ1) is 23.7. The molecule has 3 nitrogen and oxygen atoms in total. The normalized spacial score (nSPS) is 23.7. The van der Waals surface area contributed by atoms with Crippen LogP contribution < -0.4 is 0 Å². The van der Waals surface area contributed by atoms with Crippen molar-refractivity contribution in [1.82, 2.24) is 4.90 Å². The molecular weight excluding hydrogens is 388 g/mol. The van der Waals surface area contributed by atoms with Gasteiger partial charge in [-0.25, -0.2) is 0 Å². The van der Waals surface area contributed by atoms with Gasteiger partial charge in [0.15, 0.2) is 0 Å². The van der Waals surface area contributed by atoms with Gasteiger partial charge < -0.3 is 5.11 Å². The van der Waals surface area contributed by atoms with Gasteiger partial charge in [0.25, 0.3) is 0 Å². The van der Waals surface area contributed by atoms with Crippen molar-refractivity contribution in [2.75, 3.05) is 19.6 Å². The minimum absolute atomic E-state index is 0.508. The Morgan fingerprint density at radius 3 is 2.43 bits per heavy atom. The molecule has 0 bridgehead atoms. The summed E-state index contributed by atoms with van der Waals surface area (Å²) < 4.78 is 0. The van der Waals surface area contributed by atoms with Gasteiger partial charge in [-0.1, -0.05) is 26.8 Å². The number of allylic oxidation sites excluding steroid dienone is 2. The van der Waals surface area contributed by atoms with E-state index in [1.165, 1.54) is 41.8 Å². The van der Waals surface area contributed by atoms with Crippen LogP contribution in [0.3, 0.4) is 0 Å². The summed E-state index contributed by atoms with van der Waals surface area (Å²) in [5.74, 6) is 0.717. The molecule has 1 saturated carbocycles. The Bertz CT molecular complexity index is 767. The molecule has 1 aliphatic carbocycles. The van der Waals surface area contributed by atoms with E-state index in [1.54, 1.807) is 4.88 Å². The van der Waals surface area contributed by atoms with Crippen molar-refractivity contribution in [3.8, 4) is 0 Å². The Labute approximate surface area is 188 Å². The van der Waals surface area contributed by atoms with Gasteiger partial charge in [0, 0.05) is 40.6 Å². The van der Waals surface area contributed by atoms with E-state index in [9.17, 15) is 5.11 Å². The number of hydrogen-bond acceptors (Lipinski definition) is 4. The number of hydrogen-bond donors (Lipinski definition) is 1. The molecule has 1 aromatic heterocycles. The summed E-state index contributed by atoms with van der Waals surface area (Å²) in [6, 6.07) is 2.46. The van der Waals surface area contributed by atoms with Gasteiger partial charge in [0.05, 0.1) is 11.3 Å². The predicted molar refractivity (Wildman–Crippen MR) is 131 cm³/mol. The molecule has 1 aliphatic heterocycles. The molecule has 3 rings (SSSR count). The number of aliphatic hydroxyl groups is 1. The van der Waals surface area contributed by atoms with E-state index in [4.69, 9.17) is 4.99 Å². The minimum Gasteiger partial charge on any atom is -0.390 e. The number of thiophene rings is 1. The average Bonchev–Trinajstić information content (AvgIpc) is 3.04. The fraction of sp³-hybridized carbons (Fsp3) is 0.731. The van der Waals surface area contributed by atoms with Gasteiger partial charge in [-0.2, -0.15) is 0 Å². The lowest BCUT2D eigenvalue weighted by Crippen LogP contribution is -2.44. The first-order chi connectivity index (χ1) is 14.1. The summed E-state index contributed by atoms with van der Waals surface area (Å²) in [5.41, 5.74) is 3.67. The highest BCUT2D eigenvalue weighted by molar-refractivity contribution is 7.12. The van der Waals surface area contributed by atoms with Gasteiger partial charge in [-0.15, -0.1) is 11.3 Å². The second-order valence-corrected chi connectivity index (χ2v) is 11.9. The van der Waals surface area contributed by atoms with Gasteiger partial charge in [0.1, 0.15) is 0 Å². The number of nitrogens with zero attached hydrogens (tertiary/aromatic N) is 2. The number of aryl methyl sites for hydroxylation is 1. The third-order valence-corrected chi connectivity index (χ3v) is 8.32. The van der Waals surface area contributed by atoms with E-state index < -0.39 is 5.60 Å². The van der Waals surface area contributed by atoms with E-state index >= 15 is 0 Å². The zero-order valence-electron chi connectivity index (χ0n) is 20.1. The van der Waals surface area contributed by atoms with Crippen molar-refractivity contribution in [1.29, 1.82) is 0 Å². The molecular formula is C26H42N2OS. The highest BCUT2D eigenvalue weighted by atomic mass is 32.1. The molecule has 0 radical (unpaired) electrons. The first-order valence-corrected chi connectivity index (χ1v) is 12.7. The summed E-state index contributed by atoms with van der Waals surface area (Å²) in [7, 11) is 0. The maximum absolute atomic E-state index is 10.3. The molecule has 1 N–H and O–H groups in total. The fourth-order valence-corrected chi connectivity index (χ4v) is 6.04. The van der Waals surface area contributed by atoms with Crippen molar-refractivity contribution in [2.45, 2.75) is 98.0 Å². The molecule has 1 saturated heterocycles. The Morgan fingerprint density at radius 2 is 1.83 bits per heavy atom. The number of rotatable bonds is 6. The topological polar surface area (TPSA) is 35.8 Å². The quantitative estimate of drug-likeness (QED) is 0.510. The monoisotopic (exact) mass is 430 g/mol. The van der Waals surface area contributed by atoms with Crippen LogP contribution in [0.5, 0.6) is 0 Å². The molecule has 4 heteroatoms. The molecule has 0 atom stereocenters. The third-order valence-electron chi connectivity index (χ3n) is 7.11. The maximum atomic E-state index is 10.3. The van der Waals surface area contributed by atoms with Crippen LogP contribution in [-0.2, 0) is 0 Å². The van der Waals surface area contributed by atoms with Crippen molar-refractivity contribution >= 4 is 17.0 Å². The van der Waals surface area contributed by atoms with E-state index in [1.807, 2.05) is 18.3 Å². The lowest BCUT2D eigenvalue weighted by atomic mass is 9.73. The van der Waals surface area contributed by atoms with Crippen LogP contribution in [-0.4, -0.2) is 41.0 Å². The van der Waals surface area contributed by atoms with Crippen molar-refractivity contribution in [2.24, 2.45) is 10.4 Å². The van der Waals surface area contributed by atoms with E-state index in [-0.39, 0.29) is 0 Å². The zero-order valence-corrected chi connectivity index (χ0v) is 20.9. The summed E-state index contributed by atoms with van der Waals surface area (Å²) in [4.78, 5) is 10.5. The molecule has 168 valence electrons. The maximum Gasteiger partial charge on any atom is 0.0644 e. The van der Waals surface area contributed by atoms with Gasteiger partial charge in [-0.3, -0.25) is 9.89 Å². The van der Waals surface area contributed by atoms with Gasteiger partial charge in [0.2, 0.25) is 0 Å². The fourth-order valence-electron chi connectivity index (χ4n) is 4.82. The molecule has 1 aromatic rings. The first-order valence-electron chi connectivity index (χ1n) is 11.9. The van der Waals surface area contributed by atoms with E-state index in [2.05, 4.69) is 51.7 Å². The average molecular weight is 431 g/mol. The molecule has 2 heterocycles.